The van der Waals surface area contributed by atoms with Crippen LogP contribution in [0.5, 0.6) is 0 Å². The lowest BCUT2D eigenvalue weighted by Crippen LogP contribution is -2.14. The van der Waals surface area contributed by atoms with Crippen molar-refractivity contribution in [3.63, 3.8) is 0 Å². The molecule has 0 aliphatic heterocycles. The predicted octanol–water partition coefficient (Wildman–Crippen LogP) is 2.42. The first kappa shape index (κ1) is 15.5. The average molecular weight is 310 g/mol. The van der Waals surface area contributed by atoms with Gasteiger partial charge in [0.05, 0.1) is 12.1 Å². The quantitative estimate of drug-likeness (QED) is 0.862. The fourth-order valence-corrected chi connectivity index (χ4v) is 3.13. The molecule has 120 valence electrons. The van der Waals surface area contributed by atoms with Gasteiger partial charge in [-0.15, -0.1) is 0 Å². The van der Waals surface area contributed by atoms with E-state index in [2.05, 4.69) is 54.3 Å². The van der Waals surface area contributed by atoms with E-state index in [0.29, 0.717) is 11.7 Å². The molecule has 1 amide bonds. The molecule has 1 aromatic carbocycles. The van der Waals surface area contributed by atoms with Crippen molar-refractivity contribution in [2.75, 3.05) is 0 Å². The number of benzene rings is 1. The Bertz CT molecular complexity index is 740. The van der Waals surface area contributed by atoms with Gasteiger partial charge in [-0.3, -0.25) is 4.79 Å². The number of aryl methyl sites for hydroxylation is 2. The molecule has 5 nitrogen and oxygen atoms in total. The molecule has 3 rings (SSSR count). The third-order valence-corrected chi connectivity index (χ3v) is 4.06. The van der Waals surface area contributed by atoms with Gasteiger partial charge in [0.25, 0.3) is 0 Å². The molecular formula is C18H22N4O. The van der Waals surface area contributed by atoms with Gasteiger partial charge >= 0.3 is 0 Å². The number of carbonyl (C=O) groups excluding carboxylic acids is 1. The van der Waals surface area contributed by atoms with Crippen LogP contribution >= 0.6 is 0 Å². The lowest BCUT2D eigenvalue weighted by Gasteiger charge is -2.10. The highest BCUT2D eigenvalue weighted by atomic mass is 16.1. The maximum atomic E-state index is 11.2. The molecule has 0 radical (unpaired) electrons. The predicted molar refractivity (Wildman–Crippen MR) is 89.3 cm³/mol. The fraction of sp³-hybridized carbons (Fsp3) is 0.389. The van der Waals surface area contributed by atoms with Crippen LogP contribution in [0.25, 0.3) is 5.69 Å². The second kappa shape index (κ2) is 6.36. The molecule has 0 saturated carbocycles. The number of rotatable bonds is 5. The number of hydrogen-bond donors (Lipinski definition) is 1. The van der Waals surface area contributed by atoms with E-state index in [1.54, 1.807) is 0 Å². The molecule has 1 unspecified atom stereocenters. The molecule has 2 aromatic rings. The summed E-state index contributed by atoms with van der Waals surface area (Å²) in [5.41, 5.74) is 8.64. The standard InChI is InChI=1S/C18H22N4O/c1-12-7-13(2)9-15(8-12)22-18(10-14-5-3-4-6-14)20-17(21-22)11-16(19)23/h3,5,7-9,14H,4,6,10-11H2,1-2H3,(H2,19,23). The highest BCUT2D eigenvalue weighted by Crippen LogP contribution is 2.23. The van der Waals surface area contributed by atoms with Gasteiger partial charge in [-0.05, 0) is 55.9 Å². The molecule has 23 heavy (non-hydrogen) atoms. The molecule has 0 fully saturated rings. The zero-order chi connectivity index (χ0) is 16.4. The Labute approximate surface area is 136 Å². The van der Waals surface area contributed by atoms with Crippen LogP contribution in [-0.2, 0) is 17.6 Å². The number of carbonyl (C=O) groups is 1. The van der Waals surface area contributed by atoms with E-state index < -0.39 is 5.91 Å². The van der Waals surface area contributed by atoms with Crippen LogP contribution < -0.4 is 5.73 Å². The van der Waals surface area contributed by atoms with E-state index in [1.165, 1.54) is 11.1 Å². The zero-order valence-electron chi connectivity index (χ0n) is 13.6. The topological polar surface area (TPSA) is 73.8 Å². The molecule has 1 aromatic heterocycles. The molecule has 0 spiro atoms. The molecule has 1 aliphatic rings. The first-order valence-corrected chi connectivity index (χ1v) is 7.99. The zero-order valence-corrected chi connectivity index (χ0v) is 13.6. The van der Waals surface area contributed by atoms with Gasteiger partial charge in [0.15, 0.2) is 5.82 Å². The smallest absolute Gasteiger partial charge is 0.225 e. The minimum atomic E-state index is -0.408. The summed E-state index contributed by atoms with van der Waals surface area (Å²) in [7, 11) is 0. The Balaban J connectivity index is 1.99. The number of allylic oxidation sites excluding steroid dienone is 2. The van der Waals surface area contributed by atoms with E-state index in [0.717, 1.165) is 30.8 Å². The molecule has 5 heteroatoms. The summed E-state index contributed by atoms with van der Waals surface area (Å²) in [5, 5.41) is 4.53. The molecule has 1 heterocycles. The van der Waals surface area contributed by atoms with Crippen molar-refractivity contribution in [3.05, 3.63) is 53.1 Å². The third-order valence-electron chi connectivity index (χ3n) is 4.06. The molecule has 1 atom stereocenters. The van der Waals surface area contributed by atoms with Gasteiger partial charge in [0.2, 0.25) is 5.91 Å². The number of nitrogens with zero attached hydrogens (tertiary/aromatic N) is 3. The van der Waals surface area contributed by atoms with Crippen LogP contribution in [0, 0.1) is 19.8 Å². The Morgan fingerprint density at radius 3 is 2.65 bits per heavy atom. The Morgan fingerprint density at radius 2 is 2.04 bits per heavy atom. The van der Waals surface area contributed by atoms with Crippen molar-refractivity contribution in [3.8, 4) is 5.69 Å². The second-order valence-corrected chi connectivity index (χ2v) is 6.31. The number of aromatic nitrogens is 3. The molecule has 2 N–H and O–H groups in total. The summed E-state index contributed by atoms with van der Waals surface area (Å²) >= 11 is 0. The van der Waals surface area contributed by atoms with E-state index in [-0.39, 0.29) is 6.42 Å². The van der Waals surface area contributed by atoms with E-state index in [9.17, 15) is 4.79 Å². The molecule has 0 saturated heterocycles. The summed E-state index contributed by atoms with van der Waals surface area (Å²) in [6.45, 7) is 4.13. The highest BCUT2D eigenvalue weighted by molar-refractivity contribution is 5.75. The SMILES string of the molecule is Cc1cc(C)cc(-n2nc(CC(N)=O)nc2CC2C=CCC2)c1. The summed E-state index contributed by atoms with van der Waals surface area (Å²) in [6.07, 6.45) is 7.63. The molecular weight excluding hydrogens is 288 g/mol. The second-order valence-electron chi connectivity index (χ2n) is 6.31. The van der Waals surface area contributed by atoms with Crippen molar-refractivity contribution in [2.45, 2.75) is 39.5 Å². The first-order chi connectivity index (χ1) is 11.0. The largest absolute Gasteiger partial charge is 0.369 e. The maximum Gasteiger partial charge on any atom is 0.225 e. The summed E-state index contributed by atoms with van der Waals surface area (Å²) < 4.78 is 1.87. The van der Waals surface area contributed by atoms with Gasteiger partial charge in [-0.2, -0.15) is 5.10 Å². The summed E-state index contributed by atoms with van der Waals surface area (Å²) in [5.74, 6) is 1.47. The highest BCUT2D eigenvalue weighted by Gasteiger charge is 2.18. The minimum absolute atomic E-state index is 0.0747. The number of nitrogens with two attached hydrogens (primary N) is 1. The van der Waals surface area contributed by atoms with Gasteiger partial charge in [-0.25, -0.2) is 9.67 Å². The van der Waals surface area contributed by atoms with Crippen LogP contribution in [0.2, 0.25) is 0 Å². The van der Waals surface area contributed by atoms with Crippen LogP contribution in [0.1, 0.15) is 35.6 Å². The van der Waals surface area contributed by atoms with Crippen LogP contribution in [-0.4, -0.2) is 20.7 Å². The van der Waals surface area contributed by atoms with Crippen molar-refractivity contribution in [2.24, 2.45) is 11.7 Å². The Kier molecular flexibility index (Phi) is 4.28. The van der Waals surface area contributed by atoms with Crippen molar-refractivity contribution >= 4 is 5.91 Å². The van der Waals surface area contributed by atoms with Crippen molar-refractivity contribution < 1.29 is 4.79 Å². The minimum Gasteiger partial charge on any atom is -0.369 e. The fourth-order valence-electron chi connectivity index (χ4n) is 3.13. The van der Waals surface area contributed by atoms with E-state index >= 15 is 0 Å². The normalized spacial score (nSPS) is 16.9. The lowest BCUT2D eigenvalue weighted by molar-refractivity contribution is -0.117. The van der Waals surface area contributed by atoms with E-state index in [4.69, 9.17) is 5.73 Å². The van der Waals surface area contributed by atoms with Gasteiger partial charge in [0, 0.05) is 6.42 Å². The summed E-state index contributed by atoms with van der Waals surface area (Å²) in [6, 6.07) is 6.30. The Hall–Kier alpha value is -2.43. The van der Waals surface area contributed by atoms with Gasteiger partial charge in [-0.1, -0.05) is 18.2 Å². The van der Waals surface area contributed by atoms with Gasteiger partial charge < -0.3 is 5.73 Å². The lowest BCUT2D eigenvalue weighted by atomic mass is 10.0. The maximum absolute atomic E-state index is 11.2. The van der Waals surface area contributed by atoms with Crippen LogP contribution in [0.3, 0.4) is 0 Å². The monoisotopic (exact) mass is 310 g/mol. The number of amides is 1. The Morgan fingerprint density at radius 1 is 1.30 bits per heavy atom. The van der Waals surface area contributed by atoms with Crippen LogP contribution in [0.15, 0.2) is 30.4 Å². The van der Waals surface area contributed by atoms with Gasteiger partial charge in [0.1, 0.15) is 5.82 Å². The third kappa shape index (κ3) is 3.67. The average Bonchev–Trinajstić information content (AvgIpc) is 3.07. The number of hydrogen-bond acceptors (Lipinski definition) is 3. The van der Waals surface area contributed by atoms with Crippen molar-refractivity contribution in [1.82, 2.24) is 14.8 Å². The van der Waals surface area contributed by atoms with E-state index in [1.807, 2.05) is 4.68 Å². The van der Waals surface area contributed by atoms with Crippen molar-refractivity contribution in [1.29, 1.82) is 0 Å². The number of primary amides is 1. The van der Waals surface area contributed by atoms with Crippen LogP contribution in [0.4, 0.5) is 0 Å². The molecule has 1 aliphatic carbocycles. The summed E-state index contributed by atoms with van der Waals surface area (Å²) in [4.78, 5) is 15.8. The first-order valence-electron chi connectivity index (χ1n) is 7.99. The molecule has 0 bridgehead atoms.